The van der Waals surface area contributed by atoms with E-state index >= 15 is 0 Å². The van der Waals surface area contributed by atoms with Crippen LogP contribution in [-0.2, 0) is 65.4 Å². The summed E-state index contributed by atoms with van der Waals surface area (Å²) in [4.78, 5) is 72.8. The number of aliphatic hydroxyl groups excluding tert-OH is 1. The largest absolute Gasteiger partial charge is 0.472 e. The summed E-state index contributed by atoms with van der Waals surface area (Å²) in [6.45, 7) is 12.0. The summed E-state index contributed by atoms with van der Waals surface area (Å²) < 4.78 is 68.6. The van der Waals surface area contributed by atoms with Gasteiger partial charge >= 0.3 is 39.5 Å². The van der Waals surface area contributed by atoms with Gasteiger partial charge in [-0.3, -0.25) is 37.3 Å². The molecule has 0 radical (unpaired) electrons. The van der Waals surface area contributed by atoms with Gasteiger partial charge in [-0.05, 0) is 43.4 Å². The lowest BCUT2D eigenvalue weighted by molar-refractivity contribution is -0.161. The summed E-state index contributed by atoms with van der Waals surface area (Å²) in [7, 11) is -9.91. The van der Waals surface area contributed by atoms with Crippen LogP contribution in [0.3, 0.4) is 0 Å². The minimum absolute atomic E-state index is 0.106. The van der Waals surface area contributed by atoms with Gasteiger partial charge in [0.2, 0.25) is 0 Å². The van der Waals surface area contributed by atoms with Crippen LogP contribution in [0.15, 0.2) is 0 Å². The van der Waals surface area contributed by atoms with Crippen molar-refractivity contribution in [2.45, 2.75) is 426 Å². The number of hydrogen-bond acceptors (Lipinski definition) is 15. The molecule has 3 unspecified atom stereocenters. The molecule has 0 saturated heterocycles. The molecule has 0 amide bonds. The monoisotopic (exact) mass is 1440 g/mol. The maximum Gasteiger partial charge on any atom is 0.472 e. The molecule has 6 atom stereocenters. The molecule has 582 valence electrons. The molecule has 0 aromatic heterocycles. The van der Waals surface area contributed by atoms with Crippen LogP contribution in [0.4, 0.5) is 0 Å². The number of ether oxygens (including phenoxy) is 4. The first-order valence-electron chi connectivity index (χ1n) is 40.9. The SMILES string of the molecule is CCCCCCCCCCC(=O)OC[C@H](COP(=O)(O)OC[C@H](O)COP(=O)(O)OC[C@@H](COC(=O)CCCCCCCCCCCCCC(C)C)OC(=O)CCCCCCCCCCCCCCCCCCCCC(C)CC)OC(=O)CCCCCCCCCCCCCC(C)C. The van der Waals surface area contributed by atoms with Gasteiger partial charge in [0.15, 0.2) is 12.2 Å². The van der Waals surface area contributed by atoms with Crippen LogP contribution >= 0.6 is 15.6 Å². The highest BCUT2D eigenvalue weighted by atomic mass is 31.2. The Kier molecular flexibility index (Phi) is 68.1. The highest BCUT2D eigenvalue weighted by Gasteiger charge is 2.30. The number of phosphoric ester groups is 2. The maximum absolute atomic E-state index is 13.1. The Balaban J connectivity index is 5.18. The number of rotatable bonds is 77. The standard InChI is InChI=1S/C79H154O17P2/c1-8-10-11-12-13-39-46-53-60-76(81)89-66-74(95-79(84)63-56-49-42-35-29-23-25-31-37-44-51-58-71(5)6)68-93-97(85,86)91-64-73(80)65-92-98(87,88)94-69-75(67-90-77(82)61-54-47-40-33-28-22-24-30-36-43-50-57-70(3)4)96-78(83)62-55-48-41-34-27-21-19-17-15-14-16-18-20-26-32-38-45-52-59-72(7)9-2/h70-75,80H,8-69H2,1-7H3,(H,85,86)(H,87,88)/t72?,73-,74+,75+/m0/s1. The first kappa shape index (κ1) is 96.1. The number of aliphatic hydroxyl groups is 1. The molecule has 98 heavy (non-hydrogen) atoms. The third-order valence-corrected chi connectivity index (χ3v) is 20.6. The van der Waals surface area contributed by atoms with Crippen molar-refractivity contribution in [1.29, 1.82) is 0 Å². The van der Waals surface area contributed by atoms with Crippen molar-refractivity contribution in [2.24, 2.45) is 17.8 Å². The molecule has 0 aliphatic heterocycles. The fourth-order valence-electron chi connectivity index (χ4n) is 12.1. The Morgan fingerprint density at radius 3 is 0.776 bits per heavy atom. The van der Waals surface area contributed by atoms with Crippen LogP contribution < -0.4 is 0 Å². The number of esters is 4. The van der Waals surface area contributed by atoms with Crippen LogP contribution in [0.2, 0.25) is 0 Å². The number of unbranched alkanes of at least 4 members (excludes halogenated alkanes) is 44. The van der Waals surface area contributed by atoms with Crippen LogP contribution in [0.5, 0.6) is 0 Å². The van der Waals surface area contributed by atoms with E-state index in [1.165, 1.54) is 212 Å². The number of carbonyl (C=O) groups is 4. The molecular formula is C79H154O17P2. The van der Waals surface area contributed by atoms with Gasteiger partial charge in [0.25, 0.3) is 0 Å². The van der Waals surface area contributed by atoms with E-state index in [0.29, 0.717) is 25.7 Å². The van der Waals surface area contributed by atoms with Crippen molar-refractivity contribution < 1.29 is 80.2 Å². The lowest BCUT2D eigenvalue weighted by atomic mass is 9.99. The van der Waals surface area contributed by atoms with E-state index in [4.69, 9.17) is 37.0 Å². The average molecular weight is 1440 g/mol. The molecule has 0 fully saturated rings. The zero-order valence-corrected chi connectivity index (χ0v) is 66.0. The quantitative estimate of drug-likeness (QED) is 0.0222. The molecule has 3 N–H and O–H groups in total. The molecule has 0 aromatic rings. The van der Waals surface area contributed by atoms with E-state index in [0.717, 1.165) is 114 Å². The van der Waals surface area contributed by atoms with Gasteiger partial charge in [-0.25, -0.2) is 9.13 Å². The van der Waals surface area contributed by atoms with Gasteiger partial charge in [0, 0.05) is 25.7 Å². The highest BCUT2D eigenvalue weighted by Crippen LogP contribution is 2.45. The second-order valence-electron chi connectivity index (χ2n) is 29.6. The molecule has 0 aliphatic rings. The smallest absolute Gasteiger partial charge is 0.462 e. The van der Waals surface area contributed by atoms with E-state index in [-0.39, 0.29) is 25.7 Å². The predicted molar refractivity (Wildman–Crippen MR) is 400 cm³/mol. The van der Waals surface area contributed by atoms with E-state index in [9.17, 15) is 43.2 Å². The molecule has 0 aliphatic carbocycles. The van der Waals surface area contributed by atoms with Gasteiger partial charge in [-0.15, -0.1) is 0 Å². The minimum Gasteiger partial charge on any atom is -0.462 e. The normalized spacial score (nSPS) is 14.3. The second-order valence-corrected chi connectivity index (χ2v) is 32.6. The molecule has 0 heterocycles. The van der Waals surface area contributed by atoms with Gasteiger partial charge in [-0.2, -0.15) is 0 Å². The lowest BCUT2D eigenvalue weighted by Gasteiger charge is -2.21. The fraction of sp³-hybridized carbons (Fsp3) is 0.949. The third-order valence-electron chi connectivity index (χ3n) is 18.7. The van der Waals surface area contributed by atoms with Crippen molar-refractivity contribution in [3.8, 4) is 0 Å². The number of hydrogen-bond donors (Lipinski definition) is 3. The predicted octanol–water partition coefficient (Wildman–Crippen LogP) is 23.4. The van der Waals surface area contributed by atoms with E-state index in [1.807, 2.05) is 0 Å². The summed E-state index contributed by atoms with van der Waals surface area (Å²) in [6.07, 6.45) is 56.9. The second kappa shape index (κ2) is 69.4. The Labute approximate surface area is 600 Å². The van der Waals surface area contributed by atoms with Gasteiger partial charge < -0.3 is 33.8 Å². The Morgan fingerprint density at radius 2 is 0.520 bits per heavy atom. The van der Waals surface area contributed by atoms with Gasteiger partial charge in [0.1, 0.15) is 19.3 Å². The van der Waals surface area contributed by atoms with Crippen LogP contribution in [-0.4, -0.2) is 96.7 Å². The number of carbonyl (C=O) groups excluding carboxylic acids is 4. The molecule has 0 aromatic carbocycles. The van der Waals surface area contributed by atoms with Crippen molar-refractivity contribution in [3.05, 3.63) is 0 Å². The van der Waals surface area contributed by atoms with Gasteiger partial charge in [-0.1, -0.05) is 357 Å². The molecular weight excluding hydrogens is 1280 g/mol. The first-order chi connectivity index (χ1) is 47.3. The van der Waals surface area contributed by atoms with Gasteiger partial charge in [0.05, 0.1) is 26.4 Å². The average Bonchev–Trinajstić information content (AvgIpc) is 0.930. The summed E-state index contributed by atoms with van der Waals surface area (Å²) in [6, 6.07) is 0. The molecule has 0 spiro atoms. The molecule has 19 heteroatoms. The van der Waals surface area contributed by atoms with Crippen molar-refractivity contribution >= 4 is 39.5 Å². The summed E-state index contributed by atoms with van der Waals surface area (Å²) >= 11 is 0. The van der Waals surface area contributed by atoms with Crippen molar-refractivity contribution in [1.82, 2.24) is 0 Å². The topological polar surface area (TPSA) is 237 Å². The zero-order chi connectivity index (χ0) is 72.3. The molecule has 17 nitrogen and oxygen atoms in total. The first-order valence-corrected chi connectivity index (χ1v) is 43.9. The van der Waals surface area contributed by atoms with E-state index in [1.54, 1.807) is 0 Å². The molecule has 0 bridgehead atoms. The molecule has 0 saturated carbocycles. The summed E-state index contributed by atoms with van der Waals surface area (Å²) in [5.41, 5.74) is 0. The highest BCUT2D eigenvalue weighted by molar-refractivity contribution is 7.47. The van der Waals surface area contributed by atoms with Crippen LogP contribution in [0.1, 0.15) is 408 Å². The summed E-state index contributed by atoms with van der Waals surface area (Å²) in [5, 5.41) is 10.6. The number of phosphoric acid groups is 2. The third kappa shape index (κ3) is 71.1. The Hall–Kier alpha value is -1.94. The Bertz CT molecular complexity index is 1910. The van der Waals surface area contributed by atoms with E-state index < -0.39 is 97.5 Å². The van der Waals surface area contributed by atoms with Crippen LogP contribution in [0.25, 0.3) is 0 Å². The lowest BCUT2D eigenvalue weighted by Crippen LogP contribution is -2.30. The fourth-order valence-corrected chi connectivity index (χ4v) is 13.7. The van der Waals surface area contributed by atoms with Crippen molar-refractivity contribution in [3.63, 3.8) is 0 Å². The van der Waals surface area contributed by atoms with Crippen LogP contribution in [0, 0.1) is 17.8 Å². The molecule has 0 rings (SSSR count). The Morgan fingerprint density at radius 1 is 0.296 bits per heavy atom. The maximum atomic E-state index is 13.1. The minimum atomic E-state index is -4.96. The van der Waals surface area contributed by atoms with E-state index in [2.05, 4.69) is 48.5 Å². The van der Waals surface area contributed by atoms with Crippen molar-refractivity contribution in [2.75, 3.05) is 39.6 Å². The summed E-state index contributed by atoms with van der Waals surface area (Å²) in [5.74, 6) is 0.291. The zero-order valence-electron chi connectivity index (χ0n) is 64.3.